The molecular weight excluding hydrogens is 211 g/mol. The van der Waals surface area contributed by atoms with E-state index in [0.717, 1.165) is 6.07 Å². The first-order valence-electron chi connectivity index (χ1n) is 3.66. The molecule has 0 bridgehead atoms. The van der Waals surface area contributed by atoms with Crippen LogP contribution < -0.4 is 0 Å². The van der Waals surface area contributed by atoms with Crippen LogP contribution in [0.2, 0.25) is 5.02 Å². The van der Waals surface area contributed by atoms with Crippen LogP contribution in [0.5, 0.6) is 0 Å². The number of carbonyl (C=O) groups excluding carboxylic acids is 1. The number of carboxylic acids is 1. The second kappa shape index (κ2) is 3.75. The van der Waals surface area contributed by atoms with E-state index in [1.165, 1.54) is 13.0 Å². The fourth-order valence-corrected chi connectivity index (χ4v) is 1.24. The van der Waals surface area contributed by atoms with E-state index in [0.29, 0.717) is 0 Å². The topological polar surface area (TPSA) is 54.4 Å². The van der Waals surface area contributed by atoms with Crippen LogP contribution in [-0.2, 0) is 4.79 Å². The van der Waals surface area contributed by atoms with Gasteiger partial charge in [0.15, 0.2) is 0 Å². The summed E-state index contributed by atoms with van der Waals surface area (Å²) in [7, 11) is 0. The standard InChI is InChI=1S/C9H6ClFO3/c1-4-2-6(10)5(3-7(4)11)8(12)9(13)14/h2-3H,1H3,(H,13,14). The number of hydrogen-bond donors (Lipinski definition) is 1. The van der Waals surface area contributed by atoms with Crippen LogP contribution in [0.4, 0.5) is 4.39 Å². The SMILES string of the molecule is Cc1cc(Cl)c(C(=O)C(=O)O)cc1F. The predicted octanol–water partition coefficient (Wildman–Crippen LogP) is 2.05. The minimum Gasteiger partial charge on any atom is -0.475 e. The molecule has 0 spiro atoms. The first kappa shape index (κ1) is 10.7. The summed E-state index contributed by atoms with van der Waals surface area (Å²) in [5, 5.41) is 8.33. The van der Waals surface area contributed by atoms with Crippen LogP contribution in [0.1, 0.15) is 15.9 Å². The Morgan fingerprint density at radius 2 is 2.00 bits per heavy atom. The molecule has 1 aromatic rings. The highest BCUT2D eigenvalue weighted by atomic mass is 35.5. The molecule has 0 saturated heterocycles. The monoisotopic (exact) mass is 216 g/mol. The molecule has 0 aliphatic heterocycles. The summed E-state index contributed by atoms with van der Waals surface area (Å²) in [4.78, 5) is 21.3. The average molecular weight is 217 g/mol. The molecule has 0 aliphatic carbocycles. The lowest BCUT2D eigenvalue weighted by Crippen LogP contribution is -2.13. The second-order valence-corrected chi connectivity index (χ2v) is 3.12. The Bertz CT molecular complexity index is 415. The number of ketones is 1. The third kappa shape index (κ3) is 1.90. The van der Waals surface area contributed by atoms with Gasteiger partial charge in [-0.1, -0.05) is 11.6 Å². The largest absolute Gasteiger partial charge is 0.475 e. The van der Waals surface area contributed by atoms with Gasteiger partial charge in [-0.05, 0) is 24.6 Å². The number of aryl methyl sites for hydroxylation is 1. The minimum atomic E-state index is -1.66. The van der Waals surface area contributed by atoms with E-state index >= 15 is 0 Å². The summed E-state index contributed by atoms with van der Waals surface area (Å²) in [5.74, 6) is -3.52. The van der Waals surface area contributed by atoms with Crippen LogP contribution in [0.3, 0.4) is 0 Å². The zero-order chi connectivity index (χ0) is 10.9. The van der Waals surface area contributed by atoms with Gasteiger partial charge in [-0.15, -0.1) is 0 Å². The molecule has 14 heavy (non-hydrogen) atoms. The molecule has 0 atom stereocenters. The van der Waals surface area contributed by atoms with E-state index < -0.39 is 17.6 Å². The van der Waals surface area contributed by atoms with E-state index in [-0.39, 0.29) is 16.1 Å². The molecule has 0 fully saturated rings. The van der Waals surface area contributed by atoms with E-state index in [2.05, 4.69) is 0 Å². The molecule has 0 unspecified atom stereocenters. The van der Waals surface area contributed by atoms with Crippen molar-refractivity contribution in [3.05, 3.63) is 34.1 Å². The van der Waals surface area contributed by atoms with Crippen molar-refractivity contribution in [2.24, 2.45) is 0 Å². The van der Waals surface area contributed by atoms with Gasteiger partial charge in [0.1, 0.15) is 5.82 Å². The number of Topliss-reactive ketones (excluding diaryl/α,β-unsaturated/α-hetero) is 1. The molecule has 1 aromatic carbocycles. The Balaban J connectivity index is 3.29. The summed E-state index contributed by atoms with van der Waals surface area (Å²) in [6.07, 6.45) is 0. The van der Waals surface area contributed by atoms with Crippen LogP contribution >= 0.6 is 11.6 Å². The molecule has 0 aliphatic rings. The van der Waals surface area contributed by atoms with Crippen molar-refractivity contribution in [1.29, 1.82) is 0 Å². The Kier molecular flexibility index (Phi) is 2.86. The number of rotatable bonds is 2. The Morgan fingerprint density at radius 3 is 2.50 bits per heavy atom. The van der Waals surface area contributed by atoms with Crippen LogP contribution in [0, 0.1) is 12.7 Å². The normalized spacial score (nSPS) is 9.93. The molecule has 0 radical (unpaired) electrons. The maximum Gasteiger partial charge on any atom is 0.377 e. The van der Waals surface area contributed by atoms with Crippen molar-refractivity contribution in [3.8, 4) is 0 Å². The van der Waals surface area contributed by atoms with Crippen molar-refractivity contribution in [2.75, 3.05) is 0 Å². The molecule has 0 saturated carbocycles. The lowest BCUT2D eigenvalue weighted by Gasteiger charge is -2.02. The molecule has 3 nitrogen and oxygen atoms in total. The van der Waals surface area contributed by atoms with Gasteiger partial charge in [-0.25, -0.2) is 9.18 Å². The molecule has 5 heteroatoms. The quantitative estimate of drug-likeness (QED) is 0.608. The summed E-state index contributed by atoms with van der Waals surface area (Å²) in [6, 6.07) is 2.04. The fourth-order valence-electron chi connectivity index (χ4n) is 0.935. The molecule has 74 valence electrons. The zero-order valence-corrected chi connectivity index (χ0v) is 7.93. The van der Waals surface area contributed by atoms with Crippen molar-refractivity contribution < 1.29 is 19.1 Å². The van der Waals surface area contributed by atoms with Crippen LogP contribution in [-0.4, -0.2) is 16.9 Å². The Hall–Kier alpha value is -1.42. The molecule has 0 amide bonds. The zero-order valence-electron chi connectivity index (χ0n) is 7.17. The van der Waals surface area contributed by atoms with Gasteiger partial charge >= 0.3 is 5.97 Å². The third-order valence-electron chi connectivity index (χ3n) is 1.69. The lowest BCUT2D eigenvalue weighted by molar-refractivity contribution is -0.131. The van der Waals surface area contributed by atoms with Crippen molar-refractivity contribution in [1.82, 2.24) is 0 Å². The first-order chi connectivity index (χ1) is 6.43. The highest BCUT2D eigenvalue weighted by Crippen LogP contribution is 2.20. The van der Waals surface area contributed by atoms with Crippen molar-refractivity contribution >= 4 is 23.4 Å². The predicted molar refractivity (Wildman–Crippen MR) is 48.1 cm³/mol. The highest BCUT2D eigenvalue weighted by molar-refractivity contribution is 6.45. The van der Waals surface area contributed by atoms with E-state index in [1.54, 1.807) is 0 Å². The Labute approximate surface area is 84.1 Å². The van der Waals surface area contributed by atoms with Gasteiger partial charge in [0.05, 0.1) is 10.6 Å². The van der Waals surface area contributed by atoms with Crippen LogP contribution in [0.15, 0.2) is 12.1 Å². The van der Waals surface area contributed by atoms with Gasteiger partial charge in [0, 0.05) is 0 Å². The summed E-state index contributed by atoms with van der Waals surface area (Å²) in [6.45, 7) is 1.47. The van der Waals surface area contributed by atoms with Crippen molar-refractivity contribution in [3.63, 3.8) is 0 Å². The lowest BCUT2D eigenvalue weighted by atomic mass is 10.1. The molecule has 0 aromatic heterocycles. The average Bonchev–Trinajstić information content (AvgIpc) is 2.10. The van der Waals surface area contributed by atoms with Gasteiger partial charge in [0.25, 0.3) is 5.78 Å². The first-order valence-corrected chi connectivity index (χ1v) is 4.04. The number of benzene rings is 1. The Morgan fingerprint density at radius 1 is 1.43 bits per heavy atom. The number of carboxylic acid groups (broad SMARTS) is 1. The second-order valence-electron chi connectivity index (χ2n) is 2.72. The van der Waals surface area contributed by atoms with E-state index in [9.17, 15) is 14.0 Å². The fraction of sp³-hybridized carbons (Fsp3) is 0.111. The molecule has 0 heterocycles. The van der Waals surface area contributed by atoms with Crippen molar-refractivity contribution in [2.45, 2.75) is 6.92 Å². The number of carbonyl (C=O) groups is 2. The number of aliphatic carboxylic acids is 1. The van der Waals surface area contributed by atoms with E-state index in [4.69, 9.17) is 16.7 Å². The van der Waals surface area contributed by atoms with Gasteiger partial charge < -0.3 is 5.11 Å². The summed E-state index contributed by atoms with van der Waals surface area (Å²) >= 11 is 5.59. The highest BCUT2D eigenvalue weighted by Gasteiger charge is 2.19. The third-order valence-corrected chi connectivity index (χ3v) is 2.00. The summed E-state index contributed by atoms with van der Waals surface area (Å²) < 4.78 is 13.0. The summed E-state index contributed by atoms with van der Waals surface area (Å²) in [5.41, 5.74) is -0.0702. The van der Waals surface area contributed by atoms with Gasteiger partial charge in [-0.2, -0.15) is 0 Å². The maximum atomic E-state index is 13.0. The molecular formula is C9H6ClFO3. The van der Waals surface area contributed by atoms with E-state index in [1.807, 2.05) is 0 Å². The number of hydrogen-bond acceptors (Lipinski definition) is 2. The smallest absolute Gasteiger partial charge is 0.377 e. The molecule has 1 N–H and O–H groups in total. The minimum absolute atomic E-state index is 0.0590. The number of halogens is 2. The van der Waals surface area contributed by atoms with Gasteiger partial charge in [0.2, 0.25) is 0 Å². The van der Waals surface area contributed by atoms with Crippen LogP contribution in [0.25, 0.3) is 0 Å². The maximum absolute atomic E-state index is 13.0. The molecule has 1 rings (SSSR count). The van der Waals surface area contributed by atoms with Gasteiger partial charge in [-0.3, -0.25) is 4.79 Å².